The molecule has 0 unspecified atom stereocenters. The zero-order valence-electron chi connectivity index (χ0n) is 3.26. The zero-order valence-corrected chi connectivity index (χ0v) is 3.26. The number of nitrogens with zero attached hydrogens (tertiary/aromatic N) is 2. The summed E-state index contributed by atoms with van der Waals surface area (Å²) in [6.07, 6.45) is 0. The minimum absolute atomic E-state index is 1.01. The molecule has 0 aliphatic carbocycles. The van der Waals surface area contributed by atoms with Crippen molar-refractivity contribution in [3.63, 3.8) is 0 Å². The Morgan fingerprint density at radius 2 is 2.43 bits per heavy atom. The maximum Gasteiger partial charge on any atom is 0.375 e. The van der Waals surface area contributed by atoms with Crippen molar-refractivity contribution in [2.75, 3.05) is 0 Å². The molecule has 6 heteroatoms. The van der Waals surface area contributed by atoms with Crippen molar-refractivity contribution in [1.29, 1.82) is 0 Å². The third kappa shape index (κ3) is 2.77. The Morgan fingerprint density at radius 1 is 1.86 bits per heavy atom. The molecule has 40 valence electrons. The number of amides is 2. The molecule has 0 saturated heterocycles. The summed E-state index contributed by atoms with van der Waals surface area (Å²) >= 11 is 0. The second-order valence-corrected chi connectivity index (χ2v) is 0.625. The third-order valence-electron chi connectivity index (χ3n) is 0.252. The van der Waals surface area contributed by atoms with Gasteiger partial charge in [0.2, 0.25) is 0 Å². The van der Waals surface area contributed by atoms with E-state index in [9.17, 15) is 9.28 Å². The average Bonchev–Trinajstić information content (AvgIpc) is 1.68. The number of hydrazine groups is 1. The average molecular weight is 106 g/mol. The summed E-state index contributed by atoms with van der Waals surface area (Å²) in [6.45, 7) is 0. The lowest BCUT2D eigenvalue weighted by Gasteiger charge is -1.81. The van der Waals surface area contributed by atoms with Gasteiger partial charge in [0.05, 0.1) is 0 Å². The van der Waals surface area contributed by atoms with Crippen LogP contribution in [-0.2, 0) is 0 Å². The van der Waals surface area contributed by atoms with Crippen LogP contribution >= 0.6 is 0 Å². The molecule has 0 fully saturated rings. The molecule has 3 N–H and O–H groups in total. The zero-order chi connectivity index (χ0) is 5.70. The minimum Gasteiger partial charge on any atom is -0.273 e. The summed E-state index contributed by atoms with van der Waals surface area (Å²) in [5.74, 6) is 4.44. The van der Waals surface area contributed by atoms with Gasteiger partial charge in [-0.15, -0.1) is 0 Å². The predicted octanol–water partition coefficient (Wildman–Crippen LogP) is -0.0936. The maximum atomic E-state index is 10.6. The van der Waals surface area contributed by atoms with Gasteiger partial charge in [-0.05, 0) is 0 Å². The van der Waals surface area contributed by atoms with Crippen LogP contribution in [0.3, 0.4) is 0 Å². The van der Waals surface area contributed by atoms with Gasteiger partial charge in [-0.3, -0.25) is 5.43 Å². The van der Waals surface area contributed by atoms with Crippen molar-refractivity contribution < 1.29 is 9.28 Å². The van der Waals surface area contributed by atoms with E-state index < -0.39 is 6.03 Å². The van der Waals surface area contributed by atoms with Gasteiger partial charge in [0.15, 0.2) is 0 Å². The van der Waals surface area contributed by atoms with E-state index in [-0.39, 0.29) is 0 Å². The fraction of sp³-hybridized carbons (Fsp3) is 0. The summed E-state index contributed by atoms with van der Waals surface area (Å²) < 4.78 is 10.6. The lowest BCUT2D eigenvalue weighted by molar-refractivity contribution is 0.245. The van der Waals surface area contributed by atoms with Crippen molar-refractivity contribution in [2.24, 2.45) is 16.3 Å². The van der Waals surface area contributed by atoms with Crippen LogP contribution in [0.4, 0.5) is 9.28 Å². The number of nitrogens with one attached hydrogen (secondary N) is 1. The van der Waals surface area contributed by atoms with Crippen molar-refractivity contribution in [1.82, 2.24) is 5.43 Å². The summed E-state index contributed by atoms with van der Waals surface area (Å²) in [7, 11) is 0. The van der Waals surface area contributed by atoms with Crippen LogP contribution in [0.1, 0.15) is 0 Å². The topological polar surface area (TPSA) is 79.8 Å². The molecule has 0 heterocycles. The van der Waals surface area contributed by atoms with E-state index in [1.165, 1.54) is 5.43 Å². The van der Waals surface area contributed by atoms with E-state index in [1.54, 1.807) is 5.34 Å². The summed E-state index contributed by atoms with van der Waals surface area (Å²) in [5, 5.41) is 3.97. The highest BCUT2D eigenvalue weighted by molar-refractivity contribution is 5.73. The number of hydrogen-bond acceptors (Lipinski definition) is 3. The van der Waals surface area contributed by atoms with Gasteiger partial charge in [0, 0.05) is 5.34 Å². The molecule has 5 nitrogen and oxygen atoms in total. The fourth-order valence-corrected chi connectivity index (χ4v) is 0.0632. The third-order valence-corrected chi connectivity index (χ3v) is 0.252. The van der Waals surface area contributed by atoms with E-state index >= 15 is 0 Å². The normalized spacial score (nSPS) is 9.43. The highest BCUT2D eigenvalue weighted by Crippen LogP contribution is 1.73. The van der Waals surface area contributed by atoms with Gasteiger partial charge in [0.1, 0.15) is 0 Å². The Kier molecular flexibility index (Phi) is 2.69. The molecule has 7 heavy (non-hydrogen) atoms. The first-order chi connectivity index (χ1) is 3.31. The van der Waals surface area contributed by atoms with Crippen molar-refractivity contribution >= 4 is 6.03 Å². The number of carbonyl (C=O) groups is 1. The Labute approximate surface area is 38.3 Å². The molecule has 0 aliphatic rings. The van der Waals surface area contributed by atoms with E-state index in [4.69, 9.17) is 0 Å². The minimum atomic E-state index is -1.01. The largest absolute Gasteiger partial charge is 0.375 e. The summed E-state index contributed by atoms with van der Waals surface area (Å²) in [5.41, 5.74) is 1.53. The van der Waals surface area contributed by atoms with Crippen LogP contribution in [0.25, 0.3) is 0 Å². The maximum absolute atomic E-state index is 10.6. The quantitative estimate of drug-likeness (QED) is 0.196. The molecule has 0 rings (SSSR count). The molecule has 0 atom stereocenters. The molecule has 0 aliphatic heterocycles. The summed E-state index contributed by atoms with van der Waals surface area (Å²) in [6, 6.07) is -1.01. The standard InChI is InChI=1S/CH3FN4O/c2-6-5-1(7)4-3/h3H2,(H,4,7). The molecule has 0 saturated carbocycles. The molecule has 2 amide bonds. The van der Waals surface area contributed by atoms with Crippen LogP contribution in [0, 0.1) is 0 Å². The molecule has 0 radical (unpaired) electrons. The Balaban J connectivity index is 3.37. The van der Waals surface area contributed by atoms with Crippen LogP contribution < -0.4 is 11.3 Å². The molecule has 0 aromatic rings. The summed E-state index contributed by atoms with van der Waals surface area (Å²) in [4.78, 5) is 9.68. The Bertz CT molecular complexity index is 89.7. The van der Waals surface area contributed by atoms with E-state index in [2.05, 4.69) is 11.0 Å². The van der Waals surface area contributed by atoms with Gasteiger partial charge < -0.3 is 0 Å². The molecule has 0 spiro atoms. The smallest absolute Gasteiger partial charge is 0.273 e. The number of carbonyl (C=O) groups excluding carboxylic acids is 1. The number of halogens is 1. The number of hydrogen-bond donors (Lipinski definition) is 2. The van der Waals surface area contributed by atoms with E-state index in [0.717, 1.165) is 0 Å². The fourth-order valence-electron chi connectivity index (χ4n) is 0.0632. The first-order valence-electron chi connectivity index (χ1n) is 1.34. The first kappa shape index (κ1) is 5.96. The molecular weight excluding hydrogens is 103 g/mol. The second-order valence-electron chi connectivity index (χ2n) is 0.625. The highest BCUT2D eigenvalue weighted by atomic mass is 19.2. The first-order valence-corrected chi connectivity index (χ1v) is 1.34. The van der Waals surface area contributed by atoms with E-state index in [0.29, 0.717) is 0 Å². The second kappa shape index (κ2) is 3.16. The van der Waals surface area contributed by atoms with Gasteiger partial charge in [-0.1, -0.05) is 9.60 Å². The number of urea groups is 1. The molecular formula is CH3FN4O. The molecule has 0 aromatic heterocycles. The molecule has 0 bridgehead atoms. The van der Waals surface area contributed by atoms with Crippen LogP contribution in [0.15, 0.2) is 10.5 Å². The Hall–Kier alpha value is -1.04. The van der Waals surface area contributed by atoms with Crippen LogP contribution in [-0.4, -0.2) is 6.03 Å². The monoisotopic (exact) mass is 106 g/mol. The number of nitrogens with two attached hydrogens (primary N) is 1. The number of rotatable bonds is 0. The van der Waals surface area contributed by atoms with Crippen LogP contribution in [0.2, 0.25) is 0 Å². The lowest BCUT2D eigenvalue weighted by atomic mass is 11.1. The SMILES string of the molecule is NNC(=O)N=NF. The van der Waals surface area contributed by atoms with Gasteiger partial charge >= 0.3 is 6.03 Å². The predicted molar refractivity (Wildman–Crippen MR) is 18.7 cm³/mol. The van der Waals surface area contributed by atoms with Gasteiger partial charge in [-0.25, -0.2) is 10.6 Å². The molecule has 0 aromatic carbocycles. The lowest BCUT2D eigenvalue weighted by Crippen LogP contribution is -2.26. The van der Waals surface area contributed by atoms with Crippen molar-refractivity contribution in [3.05, 3.63) is 0 Å². The highest BCUT2D eigenvalue weighted by Gasteiger charge is 1.87. The van der Waals surface area contributed by atoms with Crippen LogP contribution in [0.5, 0.6) is 0 Å². The van der Waals surface area contributed by atoms with Gasteiger partial charge in [0.25, 0.3) is 0 Å². The van der Waals surface area contributed by atoms with Crippen molar-refractivity contribution in [3.8, 4) is 0 Å². The van der Waals surface area contributed by atoms with Crippen molar-refractivity contribution in [2.45, 2.75) is 0 Å². The van der Waals surface area contributed by atoms with E-state index in [1.807, 2.05) is 0 Å². The Morgan fingerprint density at radius 3 is 2.57 bits per heavy atom. The van der Waals surface area contributed by atoms with Gasteiger partial charge in [-0.2, -0.15) is 0 Å².